The maximum atomic E-state index is 14.6. The van der Waals surface area contributed by atoms with Gasteiger partial charge in [0.05, 0.1) is 11.9 Å². The van der Waals surface area contributed by atoms with Crippen LogP contribution in [0.25, 0.3) is 0 Å². The van der Waals surface area contributed by atoms with Gasteiger partial charge in [-0.05, 0) is 26.3 Å². The molecule has 1 aromatic rings. The van der Waals surface area contributed by atoms with Crippen LogP contribution in [0, 0.1) is 5.92 Å². The van der Waals surface area contributed by atoms with Gasteiger partial charge in [0, 0.05) is 24.9 Å². The molecule has 15 heavy (non-hydrogen) atoms. The molecule has 0 saturated carbocycles. The van der Waals surface area contributed by atoms with Crippen LogP contribution in [0.5, 0.6) is 0 Å². The van der Waals surface area contributed by atoms with Crippen LogP contribution in [0.4, 0.5) is 4.39 Å². The molecule has 3 nitrogen and oxygen atoms in total. The normalized spacial score (nSPS) is 25.9. The van der Waals surface area contributed by atoms with Crippen molar-refractivity contribution in [3.63, 3.8) is 0 Å². The molecule has 0 bridgehead atoms. The van der Waals surface area contributed by atoms with Crippen molar-refractivity contribution in [2.24, 2.45) is 5.92 Å². The Morgan fingerprint density at radius 1 is 1.53 bits per heavy atom. The number of nitrogens with one attached hydrogen (secondary N) is 1. The zero-order valence-corrected chi connectivity index (χ0v) is 8.91. The first-order chi connectivity index (χ1) is 7.21. The molecule has 2 rings (SSSR count). The van der Waals surface area contributed by atoms with Crippen LogP contribution in [0.2, 0.25) is 0 Å². The van der Waals surface area contributed by atoms with Crippen molar-refractivity contribution in [1.82, 2.24) is 15.3 Å². The fraction of sp³-hybridized carbons (Fsp3) is 0.636. The third-order valence-corrected chi connectivity index (χ3v) is 3.13. The average Bonchev–Trinajstić information content (AvgIpc) is 2.31. The molecule has 0 radical (unpaired) electrons. The third-order valence-electron chi connectivity index (χ3n) is 3.13. The Labute approximate surface area is 89.1 Å². The fourth-order valence-corrected chi connectivity index (χ4v) is 2.08. The summed E-state index contributed by atoms with van der Waals surface area (Å²) in [6, 6.07) is 0. The molecule has 2 heterocycles. The first kappa shape index (κ1) is 10.5. The van der Waals surface area contributed by atoms with Crippen molar-refractivity contribution in [3.05, 3.63) is 24.3 Å². The molecule has 0 amide bonds. The van der Waals surface area contributed by atoms with Crippen molar-refractivity contribution in [2.45, 2.75) is 25.4 Å². The number of hydrogen-bond acceptors (Lipinski definition) is 3. The molecule has 1 aromatic heterocycles. The quantitative estimate of drug-likeness (QED) is 0.805. The Morgan fingerprint density at radius 2 is 2.40 bits per heavy atom. The largest absolute Gasteiger partial charge is 0.316 e. The van der Waals surface area contributed by atoms with Gasteiger partial charge < -0.3 is 5.32 Å². The molecule has 1 fully saturated rings. The zero-order chi connectivity index (χ0) is 10.7. The van der Waals surface area contributed by atoms with E-state index >= 15 is 0 Å². The number of piperidine rings is 1. The van der Waals surface area contributed by atoms with E-state index in [1.807, 2.05) is 0 Å². The van der Waals surface area contributed by atoms with Crippen molar-refractivity contribution < 1.29 is 4.39 Å². The Kier molecular flexibility index (Phi) is 2.95. The summed E-state index contributed by atoms with van der Waals surface area (Å²) >= 11 is 0. The van der Waals surface area contributed by atoms with Gasteiger partial charge in [0.2, 0.25) is 0 Å². The number of hydrogen-bond donors (Lipinski definition) is 1. The SMILES string of the molecule is CC(F)(c1cnccn1)C1CCCNC1. The summed E-state index contributed by atoms with van der Waals surface area (Å²) in [6.07, 6.45) is 6.58. The molecule has 1 aliphatic rings. The average molecular weight is 209 g/mol. The second kappa shape index (κ2) is 4.23. The van der Waals surface area contributed by atoms with E-state index in [-0.39, 0.29) is 5.92 Å². The van der Waals surface area contributed by atoms with Crippen LogP contribution in [0.3, 0.4) is 0 Å². The van der Waals surface area contributed by atoms with Crippen LogP contribution in [0.15, 0.2) is 18.6 Å². The van der Waals surface area contributed by atoms with E-state index in [0.29, 0.717) is 5.69 Å². The van der Waals surface area contributed by atoms with Crippen molar-refractivity contribution in [3.8, 4) is 0 Å². The maximum Gasteiger partial charge on any atom is 0.155 e. The van der Waals surface area contributed by atoms with Crippen LogP contribution < -0.4 is 5.32 Å². The molecule has 4 heteroatoms. The lowest BCUT2D eigenvalue weighted by Crippen LogP contribution is -2.40. The van der Waals surface area contributed by atoms with Crippen molar-refractivity contribution >= 4 is 0 Å². The van der Waals surface area contributed by atoms with Crippen LogP contribution in [-0.2, 0) is 5.67 Å². The minimum absolute atomic E-state index is 0.00273. The Hall–Kier alpha value is -1.03. The van der Waals surface area contributed by atoms with Gasteiger partial charge in [-0.2, -0.15) is 0 Å². The second-order valence-electron chi connectivity index (χ2n) is 4.21. The van der Waals surface area contributed by atoms with Gasteiger partial charge in [0.25, 0.3) is 0 Å². The molecule has 1 aliphatic heterocycles. The van der Waals surface area contributed by atoms with Gasteiger partial charge in [0.15, 0.2) is 5.67 Å². The smallest absolute Gasteiger partial charge is 0.155 e. The van der Waals surface area contributed by atoms with Crippen molar-refractivity contribution in [1.29, 1.82) is 0 Å². The summed E-state index contributed by atoms with van der Waals surface area (Å²) in [5, 5.41) is 3.22. The zero-order valence-electron chi connectivity index (χ0n) is 8.91. The summed E-state index contributed by atoms with van der Waals surface area (Å²) in [7, 11) is 0. The Bertz CT molecular complexity index is 307. The third kappa shape index (κ3) is 2.15. The topological polar surface area (TPSA) is 37.8 Å². The molecular formula is C11H16FN3. The molecule has 0 aromatic carbocycles. The van der Waals surface area contributed by atoms with E-state index < -0.39 is 5.67 Å². The number of alkyl halides is 1. The van der Waals surface area contributed by atoms with E-state index in [2.05, 4.69) is 15.3 Å². The maximum absolute atomic E-state index is 14.6. The number of halogens is 1. The first-order valence-electron chi connectivity index (χ1n) is 5.37. The predicted octanol–water partition coefficient (Wildman–Crippen LogP) is 1.66. The van der Waals surface area contributed by atoms with Gasteiger partial charge >= 0.3 is 0 Å². The highest BCUT2D eigenvalue weighted by molar-refractivity contribution is 5.09. The van der Waals surface area contributed by atoms with Gasteiger partial charge in [-0.25, -0.2) is 4.39 Å². The molecule has 2 unspecified atom stereocenters. The highest BCUT2D eigenvalue weighted by Crippen LogP contribution is 2.35. The minimum Gasteiger partial charge on any atom is -0.316 e. The molecule has 0 aliphatic carbocycles. The first-order valence-corrected chi connectivity index (χ1v) is 5.37. The monoisotopic (exact) mass is 209 g/mol. The van der Waals surface area contributed by atoms with Crippen LogP contribution >= 0.6 is 0 Å². The van der Waals surface area contributed by atoms with E-state index in [4.69, 9.17) is 0 Å². The second-order valence-corrected chi connectivity index (χ2v) is 4.21. The lowest BCUT2D eigenvalue weighted by Gasteiger charge is -2.33. The van der Waals surface area contributed by atoms with Gasteiger partial charge in [-0.3, -0.25) is 9.97 Å². The minimum atomic E-state index is -1.37. The van der Waals surface area contributed by atoms with Gasteiger partial charge in [-0.1, -0.05) is 0 Å². The summed E-state index contributed by atoms with van der Waals surface area (Å²) in [6.45, 7) is 3.32. The van der Waals surface area contributed by atoms with Gasteiger partial charge in [0.1, 0.15) is 0 Å². The predicted molar refractivity (Wildman–Crippen MR) is 56.1 cm³/mol. The molecular weight excluding hydrogens is 193 g/mol. The molecule has 1 saturated heterocycles. The van der Waals surface area contributed by atoms with E-state index in [9.17, 15) is 4.39 Å². The summed E-state index contributed by atoms with van der Waals surface area (Å²) < 4.78 is 14.6. The lowest BCUT2D eigenvalue weighted by molar-refractivity contribution is 0.0762. The van der Waals surface area contributed by atoms with E-state index in [1.54, 1.807) is 19.3 Å². The highest BCUT2D eigenvalue weighted by Gasteiger charge is 2.38. The van der Waals surface area contributed by atoms with Crippen LogP contribution in [-0.4, -0.2) is 23.1 Å². The number of aromatic nitrogens is 2. The summed E-state index contributed by atoms with van der Waals surface area (Å²) in [4.78, 5) is 7.98. The van der Waals surface area contributed by atoms with Gasteiger partial charge in [-0.15, -0.1) is 0 Å². The van der Waals surface area contributed by atoms with Crippen molar-refractivity contribution in [2.75, 3.05) is 13.1 Å². The Morgan fingerprint density at radius 3 is 3.00 bits per heavy atom. The highest BCUT2D eigenvalue weighted by atomic mass is 19.1. The standard InChI is InChI=1S/C11H16FN3/c1-11(12,9-3-2-4-13-7-9)10-8-14-5-6-15-10/h5-6,8-9,13H,2-4,7H2,1H3. The molecule has 82 valence electrons. The summed E-state index contributed by atoms with van der Waals surface area (Å²) in [5.74, 6) is 0.00273. The fourth-order valence-electron chi connectivity index (χ4n) is 2.08. The van der Waals surface area contributed by atoms with E-state index in [0.717, 1.165) is 25.9 Å². The van der Waals surface area contributed by atoms with Crippen LogP contribution in [0.1, 0.15) is 25.5 Å². The van der Waals surface area contributed by atoms with E-state index in [1.165, 1.54) is 6.20 Å². The lowest BCUT2D eigenvalue weighted by atomic mass is 9.83. The molecule has 0 spiro atoms. The number of nitrogens with zero attached hydrogens (tertiary/aromatic N) is 2. The molecule has 2 atom stereocenters. The Balaban J connectivity index is 2.18. The summed E-state index contributed by atoms with van der Waals surface area (Å²) in [5.41, 5.74) is -0.930. The number of rotatable bonds is 2. The molecule has 1 N–H and O–H groups in total.